The van der Waals surface area contributed by atoms with E-state index in [0.29, 0.717) is 6.04 Å². The molecule has 1 N–H and O–H groups in total. The van der Waals surface area contributed by atoms with Crippen LogP contribution in [0, 0.1) is 13.8 Å². The van der Waals surface area contributed by atoms with Crippen LogP contribution in [0.15, 0.2) is 23.6 Å². The fourth-order valence-corrected chi connectivity index (χ4v) is 3.94. The predicted molar refractivity (Wildman–Crippen MR) is 95.3 cm³/mol. The quantitative estimate of drug-likeness (QED) is 0.935. The Hall–Kier alpha value is -1.59. The van der Waals surface area contributed by atoms with Crippen molar-refractivity contribution >= 4 is 17.2 Å². The van der Waals surface area contributed by atoms with Crippen LogP contribution in [0.1, 0.15) is 39.5 Å². The molecule has 0 unspecified atom stereocenters. The van der Waals surface area contributed by atoms with Crippen LogP contribution >= 0.6 is 11.3 Å². The number of likely N-dealkylation sites (tertiary alicyclic amines) is 1. The molecule has 0 aliphatic carbocycles. The van der Waals surface area contributed by atoms with Gasteiger partial charge in [-0.25, -0.2) is 0 Å². The third-order valence-corrected chi connectivity index (χ3v) is 5.63. The van der Waals surface area contributed by atoms with E-state index >= 15 is 0 Å². The number of aromatic nitrogens is 1. The van der Waals surface area contributed by atoms with E-state index in [1.165, 1.54) is 4.88 Å². The summed E-state index contributed by atoms with van der Waals surface area (Å²) in [5, 5.41) is 5.31. The molecule has 2 aromatic heterocycles. The second-order valence-corrected chi connectivity index (χ2v) is 7.53. The normalized spacial score (nSPS) is 16.7. The Labute approximate surface area is 142 Å². The van der Waals surface area contributed by atoms with Crippen LogP contribution in [0.25, 0.3) is 0 Å². The minimum Gasteiger partial charge on any atom is -0.349 e. The molecule has 0 radical (unpaired) electrons. The SMILES string of the molecule is Cc1cc(C(=O)NC2CCN(C)CC2)c(C)n1Cc1cccs1. The first-order valence-corrected chi connectivity index (χ1v) is 9.11. The van der Waals surface area contributed by atoms with Crippen LogP contribution in [0.5, 0.6) is 0 Å². The van der Waals surface area contributed by atoms with E-state index in [4.69, 9.17) is 0 Å². The van der Waals surface area contributed by atoms with E-state index < -0.39 is 0 Å². The molecule has 4 nitrogen and oxygen atoms in total. The Morgan fingerprint density at radius 1 is 1.35 bits per heavy atom. The van der Waals surface area contributed by atoms with E-state index in [-0.39, 0.29) is 5.91 Å². The van der Waals surface area contributed by atoms with Crippen LogP contribution in [0.4, 0.5) is 0 Å². The lowest BCUT2D eigenvalue weighted by Gasteiger charge is -2.29. The Morgan fingerprint density at radius 2 is 2.09 bits per heavy atom. The molecule has 1 aliphatic heterocycles. The zero-order valence-corrected chi connectivity index (χ0v) is 14.9. The van der Waals surface area contributed by atoms with E-state index in [9.17, 15) is 4.79 Å². The van der Waals surface area contributed by atoms with Crippen molar-refractivity contribution in [3.63, 3.8) is 0 Å². The summed E-state index contributed by atoms with van der Waals surface area (Å²) in [6.07, 6.45) is 2.08. The van der Waals surface area contributed by atoms with Gasteiger partial charge in [-0.05, 0) is 64.3 Å². The monoisotopic (exact) mass is 331 g/mol. The first kappa shape index (κ1) is 16.3. The fourth-order valence-electron chi connectivity index (χ4n) is 3.25. The average Bonchev–Trinajstić information content (AvgIpc) is 3.13. The van der Waals surface area contributed by atoms with Crippen molar-refractivity contribution in [1.29, 1.82) is 0 Å². The maximum Gasteiger partial charge on any atom is 0.253 e. The zero-order chi connectivity index (χ0) is 16.4. The molecule has 3 rings (SSSR count). The molecule has 1 fully saturated rings. The third-order valence-electron chi connectivity index (χ3n) is 4.77. The number of rotatable bonds is 4. The Kier molecular flexibility index (Phi) is 4.87. The summed E-state index contributed by atoms with van der Waals surface area (Å²) in [5.41, 5.74) is 3.02. The lowest BCUT2D eigenvalue weighted by atomic mass is 10.0. The van der Waals surface area contributed by atoms with Crippen LogP contribution in [0.2, 0.25) is 0 Å². The molecule has 124 valence electrons. The Bertz CT molecular complexity index is 667. The van der Waals surface area contributed by atoms with Gasteiger partial charge >= 0.3 is 0 Å². The highest BCUT2D eigenvalue weighted by molar-refractivity contribution is 7.09. The van der Waals surface area contributed by atoms with Gasteiger partial charge in [0.25, 0.3) is 5.91 Å². The van der Waals surface area contributed by atoms with E-state index in [2.05, 4.69) is 46.3 Å². The summed E-state index contributed by atoms with van der Waals surface area (Å²) in [6.45, 7) is 7.08. The number of thiophene rings is 1. The molecule has 0 aromatic carbocycles. The van der Waals surface area contributed by atoms with Gasteiger partial charge in [0.2, 0.25) is 0 Å². The van der Waals surface area contributed by atoms with Gasteiger partial charge in [0.05, 0.1) is 12.1 Å². The van der Waals surface area contributed by atoms with Crippen molar-refractivity contribution in [3.8, 4) is 0 Å². The van der Waals surface area contributed by atoms with Gasteiger partial charge in [-0.1, -0.05) is 6.07 Å². The molecule has 0 bridgehead atoms. The summed E-state index contributed by atoms with van der Waals surface area (Å²) in [5.74, 6) is 0.0742. The van der Waals surface area contributed by atoms with Crippen molar-refractivity contribution in [3.05, 3.63) is 45.4 Å². The van der Waals surface area contributed by atoms with Crippen LogP contribution in [0.3, 0.4) is 0 Å². The highest BCUT2D eigenvalue weighted by Gasteiger charge is 2.21. The van der Waals surface area contributed by atoms with Crippen molar-refractivity contribution < 1.29 is 4.79 Å². The fraction of sp³-hybridized carbons (Fsp3) is 0.500. The maximum atomic E-state index is 12.6. The van der Waals surface area contributed by atoms with Gasteiger partial charge in [-0.15, -0.1) is 11.3 Å². The van der Waals surface area contributed by atoms with Gasteiger partial charge < -0.3 is 14.8 Å². The number of carbonyl (C=O) groups is 1. The number of amides is 1. The van der Waals surface area contributed by atoms with Crippen molar-refractivity contribution in [2.24, 2.45) is 0 Å². The van der Waals surface area contributed by atoms with E-state index in [1.807, 2.05) is 13.0 Å². The minimum absolute atomic E-state index is 0.0742. The Morgan fingerprint density at radius 3 is 2.74 bits per heavy atom. The van der Waals surface area contributed by atoms with Gasteiger partial charge in [-0.2, -0.15) is 0 Å². The van der Waals surface area contributed by atoms with Crippen LogP contribution in [-0.4, -0.2) is 41.6 Å². The van der Waals surface area contributed by atoms with Crippen LogP contribution in [-0.2, 0) is 6.54 Å². The third kappa shape index (κ3) is 3.67. The van der Waals surface area contributed by atoms with E-state index in [0.717, 1.165) is 49.4 Å². The number of nitrogens with zero attached hydrogens (tertiary/aromatic N) is 2. The van der Waals surface area contributed by atoms with Crippen LogP contribution < -0.4 is 5.32 Å². The highest BCUT2D eigenvalue weighted by atomic mass is 32.1. The van der Waals surface area contributed by atoms with Crippen molar-refractivity contribution in [2.75, 3.05) is 20.1 Å². The first-order chi connectivity index (χ1) is 11.0. The summed E-state index contributed by atoms with van der Waals surface area (Å²) < 4.78 is 2.23. The highest BCUT2D eigenvalue weighted by Crippen LogP contribution is 2.20. The molecule has 0 atom stereocenters. The first-order valence-electron chi connectivity index (χ1n) is 8.23. The predicted octanol–water partition coefficient (Wildman–Crippen LogP) is 3.04. The topological polar surface area (TPSA) is 37.3 Å². The molecule has 0 spiro atoms. The molecule has 1 aliphatic rings. The number of nitrogens with one attached hydrogen (secondary N) is 1. The lowest BCUT2D eigenvalue weighted by molar-refractivity contribution is 0.0916. The van der Waals surface area contributed by atoms with Crippen molar-refractivity contribution in [1.82, 2.24) is 14.8 Å². The van der Waals surface area contributed by atoms with E-state index in [1.54, 1.807) is 11.3 Å². The van der Waals surface area contributed by atoms with Gasteiger partial charge in [0.1, 0.15) is 0 Å². The summed E-state index contributed by atoms with van der Waals surface area (Å²) in [4.78, 5) is 16.3. The average molecular weight is 331 g/mol. The molecular weight excluding hydrogens is 306 g/mol. The maximum absolute atomic E-state index is 12.6. The number of hydrogen-bond acceptors (Lipinski definition) is 3. The minimum atomic E-state index is 0.0742. The van der Waals surface area contributed by atoms with Gasteiger partial charge in [0, 0.05) is 22.3 Å². The smallest absolute Gasteiger partial charge is 0.253 e. The van der Waals surface area contributed by atoms with Gasteiger partial charge in [0.15, 0.2) is 0 Å². The second kappa shape index (κ2) is 6.89. The molecule has 23 heavy (non-hydrogen) atoms. The number of hydrogen-bond donors (Lipinski definition) is 1. The summed E-state index contributed by atoms with van der Waals surface area (Å²) in [6, 6.07) is 6.54. The largest absolute Gasteiger partial charge is 0.349 e. The number of aryl methyl sites for hydroxylation is 1. The molecule has 0 saturated carbocycles. The zero-order valence-electron chi connectivity index (χ0n) is 14.1. The number of piperidine rings is 1. The lowest BCUT2D eigenvalue weighted by Crippen LogP contribution is -2.43. The van der Waals surface area contributed by atoms with Crippen molar-refractivity contribution in [2.45, 2.75) is 39.3 Å². The number of carbonyl (C=O) groups excluding carboxylic acids is 1. The Balaban J connectivity index is 1.71. The standard InChI is InChI=1S/C18H25N3OS/c1-13-11-17(14(2)21(13)12-16-5-4-10-23-16)18(22)19-15-6-8-20(3)9-7-15/h4-5,10-11,15H,6-9,12H2,1-3H3,(H,19,22). The summed E-state index contributed by atoms with van der Waals surface area (Å²) >= 11 is 1.76. The molecule has 3 heterocycles. The molecular formula is C18H25N3OS. The van der Waals surface area contributed by atoms with Gasteiger partial charge in [-0.3, -0.25) is 4.79 Å². The second-order valence-electron chi connectivity index (χ2n) is 6.50. The summed E-state index contributed by atoms with van der Waals surface area (Å²) in [7, 11) is 2.14. The molecule has 1 saturated heterocycles. The molecule has 1 amide bonds. The molecule has 5 heteroatoms. The molecule has 2 aromatic rings.